The minimum atomic E-state index is -0.307. The molecule has 17 heavy (non-hydrogen) atoms. The van der Waals surface area contributed by atoms with Gasteiger partial charge in [0.25, 0.3) is 0 Å². The largest absolute Gasteiger partial charge is 0.279 e. The lowest BCUT2D eigenvalue weighted by Gasteiger charge is -1.99. The zero-order valence-electron chi connectivity index (χ0n) is 8.90. The zero-order chi connectivity index (χ0) is 12.1. The van der Waals surface area contributed by atoms with E-state index in [-0.39, 0.29) is 5.82 Å². The van der Waals surface area contributed by atoms with Crippen LogP contribution < -0.4 is 5.43 Å². The molecule has 0 fully saturated rings. The Kier molecular flexibility index (Phi) is 3.88. The first-order chi connectivity index (χ1) is 8.25. The van der Waals surface area contributed by atoms with Gasteiger partial charge in [0.05, 0.1) is 11.9 Å². The SMILES string of the molecule is Fc1cc(Br)ccc1C=NNc1ccccc1. The predicted molar refractivity (Wildman–Crippen MR) is 71.8 cm³/mol. The number of para-hydroxylation sites is 1. The van der Waals surface area contributed by atoms with E-state index in [1.807, 2.05) is 30.3 Å². The van der Waals surface area contributed by atoms with Crippen LogP contribution in [0.3, 0.4) is 0 Å². The maximum atomic E-state index is 13.4. The lowest BCUT2D eigenvalue weighted by molar-refractivity contribution is 0.625. The molecule has 0 bridgehead atoms. The van der Waals surface area contributed by atoms with Gasteiger partial charge in [0, 0.05) is 10.0 Å². The summed E-state index contributed by atoms with van der Waals surface area (Å²) in [5.41, 5.74) is 4.13. The van der Waals surface area contributed by atoms with Crippen molar-refractivity contribution in [3.63, 3.8) is 0 Å². The predicted octanol–water partition coefficient (Wildman–Crippen LogP) is 4.03. The van der Waals surface area contributed by atoms with E-state index in [2.05, 4.69) is 26.5 Å². The van der Waals surface area contributed by atoms with Gasteiger partial charge in [0.15, 0.2) is 0 Å². The van der Waals surface area contributed by atoms with Crippen molar-refractivity contribution in [2.24, 2.45) is 5.10 Å². The van der Waals surface area contributed by atoms with Crippen LogP contribution >= 0.6 is 15.9 Å². The van der Waals surface area contributed by atoms with E-state index in [4.69, 9.17) is 0 Å². The number of halogens is 2. The van der Waals surface area contributed by atoms with E-state index in [0.717, 1.165) is 5.69 Å². The van der Waals surface area contributed by atoms with Crippen molar-refractivity contribution in [1.82, 2.24) is 0 Å². The second-order valence-corrected chi connectivity index (χ2v) is 4.32. The number of benzene rings is 2. The first-order valence-electron chi connectivity index (χ1n) is 5.05. The van der Waals surface area contributed by atoms with Crippen LogP contribution in [0.15, 0.2) is 58.1 Å². The molecule has 0 aliphatic heterocycles. The Labute approximate surface area is 107 Å². The topological polar surface area (TPSA) is 24.4 Å². The number of rotatable bonds is 3. The minimum Gasteiger partial charge on any atom is -0.279 e. The van der Waals surface area contributed by atoms with Gasteiger partial charge in [-0.05, 0) is 30.3 Å². The average molecular weight is 293 g/mol. The van der Waals surface area contributed by atoms with Gasteiger partial charge < -0.3 is 0 Å². The van der Waals surface area contributed by atoms with Gasteiger partial charge in [-0.15, -0.1) is 0 Å². The van der Waals surface area contributed by atoms with Crippen molar-refractivity contribution < 1.29 is 4.39 Å². The number of nitrogens with one attached hydrogen (secondary N) is 1. The molecule has 0 heterocycles. The molecule has 0 aliphatic carbocycles. The Morgan fingerprint density at radius 1 is 1.12 bits per heavy atom. The van der Waals surface area contributed by atoms with Gasteiger partial charge in [-0.25, -0.2) is 4.39 Å². The highest BCUT2D eigenvalue weighted by molar-refractivity contribution is 9.10. The fourth-order valence-corrected chi connectivity index (χ4v) is 1.63. The molecular formula is C13H10BrFN2. The molecule has 0 atom stereocenters. The van der Waals surface area contributed by atoms with Crippen LogP contribution in [0.25, 0.3) is 0 Å². The maximum Gasteiger partial charge on any atom is 0.133 e. The summed E-state index contributed by atoms with van der Waals surface area (Å²) in [6.07, 6.45) is 1.45. The summed E-state index contributed by atoms with van der Waals surface area (Å²) in [4.78, 5) is 0. The molecule has 2 aromatic rings. The Morgan fingerprint density at radius 2 is 1.88 bits per heavy atom. The highest BCUT2D eigenvalue weighted by Gasteiger charge is 1.99. The normalized spacial score (nSPS) is 10.7. The lowest BCUT2D eigenvalue weighted by Crippen LogP contribution is -1.92. The second kappa shape index (κ2) is 5.59. The summed E-state index contributed by atoms with van der Waals surface area (Å²) < 4.78 is 14.1. The summed E-state index contributed by atoms with van der Waals surface area (Å²) in [5, 5.41) is 3.97. The quantitative estimate of drug-likeness (QED) is 0.670. The molecule has 2 rings (SSSR count). The Morgan fingerprint density at radius 3 is 2.59 bits per heavy atom. The molecule has 0 amide bonds. The van der Waals surface area contributed by atoms with Crippen molar-refractivity contribution in [3.8, 4) is 0 Å². The van der Waals surface area contributed by atoms with E-state index in [1.165, 1.54) is 12.3 Å². The fourth-order valence-electron chi connectivity index (χ4n) is 1.30. The second-order valence-electron chi connectivity index (χ2n) is 3.40. The molecule has 2 nitrogen and oxygen atoms in total. The summed E-state index contributed by atoms with van der Waals surface area (Å²) in [6, 6.07) is 14.3. The number of hydrazone groups is 1. The van der Waals surface area contributed by atoms with Crippen LogP contribution in [-0.4, -0.2) is 6.21 Å². The third kappa shape index (κ3) is 3.39. The summed E-state index contributed by atoms with van der Waals surface area (Å²) >= 11 is 3.20. The molecule has 0 spiro atoms. The summed E-state index contributed by atoms with van der Waals surface area (Å²) in [5.74, 6) is -0.307. The van der Waals surface area contributed by atoms with Gasteiger partial charge in [0.1, 0.15) is 5.82 Å². The third-order valence-electron chi connectivity index (χ3n) is 2.13. The van der Waals surface area contributed by atoms with Crippen molar-refractivity contribution in [1.29, 1.82) is 0 Å². The molecule has 4 heteroatoms. The monoisotopic (exact) mass is 292 g/mol. The standard InChI is InChI=1S/C13H10BrFN2/c14-11-7-6-10(13(15)8-11)9-16-17-12-4-2-1-3-5-12/h1-9,17H. The van der Waals surface area contributed by atoms with Gasteiger partial charge >= 0.3 is 0 Å². The van der Waals surface area contributed by atoms with Crippen molar-refractivity contribution in [3.05, 3.63) is 64.4 Å². The van der Waals surface area contributed by atoms with Crippen molar-refractivity contribution >= 4 is 27.8 Å². The molecule has 0 saturated heterocycles. The minimum absolute atomic E-state index is 0.307. The number of anilines is 1. The maximum absolute atomic E-state index is 13.4. The number of hydrogen-bond donors (Lipinski definition) is 1. The van der Waals surface area contributed by atoms with Gasteiger partial charge in [-0.1, -0.05) is 34.1 Å². The first-order valence-corrected chi connectivity index (χ1v) is 5.84. The molecule has 0 unspecified atom stereocenters. The molecule has 2 aromatic carbocycles. The fraction of sp³-hybridized carbons (Fsp3) is 0. The number of nitrogens with zero attached hydrogens (tertiary/aromatic N) is 1. The van der Waals surface area contributed by atoms with Crippen LogP contribution in [0.5, 0.6) is 0 Å². The summed E-state index contributed by atoms with van der Waals surface area (Å²) in [6.45, 7) is 0. The lowest BCUT2D eigenvalue weighted by atomic mass is 10.2. The van der Waals surface area contributed by atoms with E-state index in [9.17, 15) is 4.39 Å². The van der Waals surface area contributed by atoms with Gasteiger partial charge in [-0.2, -0.15) is 5.10 Å². The highest BCUT2D eigenvalue weighted by atomic mass is 79.9. The van der Waals surface area contributed by atoms with Gasteiger partial charge in [-0.3, -0.25) is 5.43 Å². The van der Waals surface area contributed by atoms with Crippen LogP contribution in [0.2, 0.25) is 0 Å². The van der Waals surface area contributed by atoms with E-state index < -0.39 is 0 Å². The Hall–Kier alpha value is -1.68. The average Bonchev–Trinajstić information content (AvgIpc) is 2.33. The van der Waals surface area contributed by atoms with E-state index in [0.29, 0.717) is 10.0 Å². The molecular weight excluding hydrogens is 283 g/mol. The van der Waals surface area contributed by atoms with Gasteiger partial charge in [0.2, 0.25) is 0 Å². The molecule has 0 aliphatic rings. The summed E-state index contributed by atoms with van der Waals surface area (Å²) in [7, 11) is 0. The van der Waals surface area contributed by atoms with E-state index >= 15 is 0 Å². The molecule has 0 saturated carbocycles. The van der Waals surface area contributed by atoms with Crippen LogP contribution in [0, 0.1) is 5.82 Å². The highest BCUT2D eigenvalue weighted by Crippen LogP contribution is 2.14. The van der Waals surface area contributed by atoms with Crippen LogP contribution in [-0.2, 0) is 0 Å². The van der Waals surface area contributed by atoms with Crippen LogP contribution in [0.4, 0.5) is 10.1 Å². The molecule has 0 radical (unpaired) electrons. The molecule has 86 valence electrons. The zero-order valence-corrected chi connectivity index (χ0v) is 10.5. The Balaban J connectivity index is 2.06. The molecule has 1 N–H and O–H groups in total. The van der Waals surface area contributed by atoms with Crippen molar-refractivity contribution in [2.75, 3.05) is 5.43 Å². The third-order valence-corrected chi connectivity index (χ3v) is 2.63. The first kappa shape index (κ1) is 11.8. The number of hydrogen-bond acceptors (Lipinski definition) is 2. The van der Waals surface area contributed by atoms with Crippen LogP contribution in [0.1, 0.15) is 5.56 Å². The Bertz CT molecular complexity index is 526. The van der Waals surface area contributed by atoms with Crippen molar-refractivity contribution in [2.45, 2.75) is 0 Å². The smallest absolute Gasteiger partial charge is 0.133 e. The van der Waals surface area contributed by atoms with E-state index in [1.54, 1.807) is 12.1 Å². The molecule has 0 aromatic heterocycles.